The van der Waals surface area contributed by atoms with Crippen LogP contribution in [0, 0.1) is 6.92 Å². The van der Waals surface area contributed by atoms with Crippen molar-refractivity contribution >= 4 is 17.4 Å². The Morgan fingerprint density at radius 2 is 1.71 bits per heavy atom. The number of likely N-dealkylation sites (tertiary alicyclic amines) is 1. The van der Waals surface area contributed by atoms with Crippen LogP contribution in [0.2, 0.25) is 0 Å². The van der Waals surface area contributed by atoms with Gasteiger partial charge < -0.3 is 24.4 Å². The fourth-order valence-electron chi connectivity index (χ4n) is 4.36. The van der Waals surface area contributed by atoms with E-state index in [4.69, 9.17) is 9.47 Å². The van der Waals surface area contributed by atoms with Gasteiger partial charge in [-0.05, 0) is 51.2 Å². The highest BCUT2D eigenvalue weighted by molar-refractivity contribution is 6.46. The Labute approximate surface area is 201 Å². The zero-order chi connectivity index (χ0) is 24.8. The quantitative estimate of drug-likeness (QED) is 0.322. The summed E-state index contributed by atoms with van der Waals surface area (Å²) in [6.45, 7) is 9.13. The first kappa shape index (κ1) is 25.3. The van der Waals surface area contributed by atoms with E-state index in [1.54, 1.807) is 42.3 Å². The van der Waals surface area contributed by atoms with Crippen molar-refractivity contribution < 1.29 is 24.2 Å². The van der Waals surface area contributed by atoms with Crippen molar-refractivity contribution in [3.63, 3.8) is 0 Å². The first-order valence-electron chi connectivity index (χ1n) is 11.7. The number of amides is 1. The van der Waals surface area contributed by atoms with E-state index in [0.717, 1.165) is 25.2 Å². The maximum Gasteiger partial charge on any atom is 0.295 e. The molecule has 7 nitrogen and oxygen atoms in total. The van der Waals surface area contributed by atoms with Gasteiger partial charge in [0.1, 0.15) is 17.3 Å². The second-order valence-corrected chi connectivity index (χ2v) is 8.35. The second kappa shape index (κ2) is 11.2. The van der Waals surface area contributed by atoms with E-state index in [1.807, 2.05) is 19.1 Å². The number of rotatable bonds is 10. The summed E-state index contributed by atoms with van der Waals surface area (Å²) in [5.41, 5.74) is 2.17. The number of aryl methyl sites for hydroxylation is 1. The molecule has 0 unspecified atom stereocenters. The largest absolute Gasteiger partial charge is 0.507 e. The van der Waals surface area contributed by atoms with E-state index in [0.29, 0.717) is 35.6 Å². The van der Waals surface area contributed by atoms with Crippen LogP contribution in [0.5, 0.6) is 11.5 Å². The number of methoxy groups -OCH3 is 2. The van der Waals surface area contributed by atoms with Crippen molar-refractivity contribution in [2.45, 2.75) is 33.2 Å². The average Bonchev–Trinajstić information content (AvgIpc) is 3.11. The Balaban J connectivity index is 2.13. The summed E-state index contributed by atoms with van der Waals surface area (Å²) in [6.07, 6.45) is 0.696. The van der Waals surface area contributed by atoms with Crippen molar-refractivity contribution in [2.75, 3.05) is 40.4 Å². The van der Waals surface area contributed by atoms with Gasteiger partial charge in [0.2, 0.25) is 0 Å². The summed E-state index contributed by atoms with van der Waals surface area (Å²) in [5, 5.41) is 11.2. The van der Waals surface area contributed by atoms with Crippen LogP contribution in [0.4, 0.5) is 0 Å². The molecule has 1 aliphatic heterocycles. The number of aliphatic hydroxyl groups is 1. The topological polar surface area (TPSA) is 79.3 Å². The second-order valence-electron chi connectivity index (χ2n) is 8.35. The van der Waals surface area contributed by atoms with Gasteiger partial charge in [-0.25, -0.2) is 0 Å². The minimum absolute atomic E-state index is 0.0586. The van der Waals surface area contributed by atoms with Crippen LogP contribution >= 0.6 is 0 Å². The monoisotopic (exact) mass is 466 g/mol. The third-order valence-electron chi connectivity index (χ3n) is 6.36. The molecule has 7 heteroatoms. The van der Waals surface area contributed by atoms with Gasteiger partial charge in [-0.3, -0.25) is 9.59 Å². The predicted octanol–water partition coefficient (Wildman–Crippen LogP) is 4.17. The van der Waals surface area contributed by atoms with Crippen LogP contribution in [-0.2, 0) is 9.59 Å². The number of hydrogen-bond acceptors (Lipinski definition) is 6. The minimum atomic E-state index is -0.789. The van der Waals surface area contributed by atoms with E-state index in [-0.39, 0.29) is 11.3 Å². The molecule has 182 valence electrons. The minimum Gasteiger partial charge on any atom is -0.507 e. The number of carbonyl (C=O) groups excluding carboxylic acids is 2. The predicted molar refractivity (Wildman–Crippen MR) is 132 cm³/mol. The lowest BCUT2D eigenvalue weighted by Gasteiger charge is -2.28. The van der Waals surface area contributed by atoms with Crippen LogP contribution in [0.25, 0.3) is 5.76 Å². The molecule has 2 aromatic carbocycles. The highest BCUT2D eigenvalue weighted by Crippen LogP contribution is 2.43. The Bertz CT molecular complexity index is 1060. The summed E-state index contributed by atoms with van der Waals surface area (Å²) in [7, 11) is 3.09. The van der Waals surface area contributed by atoms with Crippen LogP contribution in [0.3, 0.4) is 0 Å². The molecule has 0 saturated carbocycles. The number of benzene rings is 2. The van der Waals surface area contributed by atoms with Gasteiger partial charge in [0.25, 0.3) is 11.7 Å². The van der Waals surface area contributed by atoms with Crippen molar-refractivity contribution in [3.05, 3.63) is 64.7 Å². The van der Waals surface area contributed by atoms with Gasteiger partial charge in [0, 0.05) is 17.7 Å². The molecular formula is C27H34N2O5. The average molecular weight is 467 g/mol. The molecule has 3 rings (SSSR count). The highest BCUT2D eigenvalue weighted by Gasteiger charge is 2.47. The fourth-order valence-corrected chi connectivity index (χ4v) is 4.36. The van der Waals surface area contributed by atoms with Gasteiger partial charge in [0.05, 0.1) is 25.8 Å². The van der Waals surface area contributed by atoms with E-state index in [9.17, 15) is 14.7 Å². The van der Waals surface area contributed by atoms with Crippen molar-refractivity contribution in [1.82, 2.24) is 9.80 Å². The van der Waals surface area contributed by atoms with Crippen molar-refractivity contribution in [1.29, 1.82) is 0 Å². The number of nitrogens with zero attached hydrogens (tertiary/aromatic N) is 2. The van der Waals surface area contributed by atoms with E-state index < -0.39 is 17.7 Å². The number of carbonyl (C=O) groups is 2. The molecule has 1 heterocycles. The molecule has 0 aliphatic carbocycles. The van der Waals surface area contributed by atoms with Gasteiger partial charge in [-0.15, -0.1) is 0 Å². The molecule has 0 bridgehead atoms. The molecule has 1 saturated heterocycles. The van der Waals surface area contributed by atoms with Gasteiger partial charge in [-0.2, -0.15) is 0 Å². The summed E-state index contributed by atoms with van der Waals surface area (Å²) in [5.74, 6) is -0.436. The Hall–Kier alpha value is -3.32. The lowest BCUT2D eigenvalue weighted by molar-refractivity contribution is -0.140. The Morgan fingerprint density at radius 3 is 2.29 bits per heavy atom. The highest BCUT2D eigenvalue weighted by atomic mass is 16.5. The zero-order valence-corrected chi connectivity index (χ0v) is 20.6. The van der Waals surface area contributed by atoms with Gasteiger partial charge in [0.15, 0.2) is 0 Å². The van der Waals surface area contributed by atoms with Crippen LogP contribution in [0.1, 0.15) is 43.0 Å². The number of ketones is 1. The third-order valence-corrected chi connectivity index (χ3v) is 6.36. The zero-order valence-electron chi connectivity index (χ0n) is 20.6. The fraction of sp³-hybridized carbons (Fsp3) is 0.407. The summed E-state index contributed by atoms with van der Waals surface area (Å²) < 4.78 is 11.0. The van der Waals surface area contributed by atoms with Crippen molar-refractivity contribution in [3.8, 4) is 11.5 Å². The van der Waals surface area contributed by atoms with Gasteiger partial charge in [-0.1, -0.05) is 43.7 Å². The van der Waals surface area contributed by atoms with Crippen LogP contribution in [0.15, 0.2) is 48.0 Å². The molecule has 1 aliphatic rings. The smallest absolute Gasteiger partial charge is 0.295 e. The maximum atomic E-state index is 13.3. The molecule has 0 aromatic heterocycles. The van der Waals surface area contributed by atoms with E-state index in [1.165, 1.54) is 7.11 Å². The molecule has 34 heavy (non-hydrogen) atoms. The molecular weight excluding hydrogens is 432 g/mol. The van der Waals surface area contributed by atoms with Crippen LogP contribution in [-0.4, -0.2) is 67.0 Å². The molecule has 1 amide bonds. The Kier molecular flexibility index (Phi) is 8.34. The molecule has 0 spiro atoms. The Morgan fingerprint density at radius 1 is 1.03 bits per heavy atom. The standard InChI is InChI=1S/C27H34N2O5/c1-6-28(7-2)15-8-16-29-24(21-17-20(33-4)13-14-22(21)34-5)23(26(31)27(29)32)25(30)19-11-9-18(3)10-12-19/h9-14,17,24,30H,6-8,15-16H2,1-5H3/b25-23+/t24-/m0/s1. The molecule has 1 atom stereocenters. The molecule has 0 radical (unpaired) electrons. The molecule has 1 fully saturated rings. The number of ether oxygens (including phenoxy) is 2. The third kappa shape index (κ3) is 5.09. The lowest BCUT2D eigenvalue weighted by Crippen LogP contribution is -2.33. The van der Waals surface area contributed by atoms with E-state index in [2.05, 4.69) is 18.7 Å². The van der Waals surface area contributed by atoms with Crippen molar-refractivity contribution in [2.24, 2.45) is 0 Å². The molecule has 2 aromatic rings. The number of Topliss-reactive ketones (excluding diaryl/α,β-unsaturated/α-hetero) is 1. The SMILES string of the molecule is CCN(CC)CCCN1C(=O)C(=O)/C(=C(/O)c2ccc(C)cc2)[C@@H]1c1cc(OC)ccc1OC. The normalized spacial score (nSPS) is 17.5. The lowest BCUT2D eigenvalue weighted by atomic mass is 9.94. The van der Waals surface area contributed by atoms with Gasteiger partial charge >= 0.3 is 0 Å². The number of hydrogen-bond donors (Lipinski definition) is 1. The summed E-state index contributed by atoms with van der Waals surface area (Å²) >= 11 is 0. The first-order chi connectivity index (χ1) is 16.4. The summed E-state index contributed by atoms with van der Waals surface area (Å²) in [6, 6.07) is 11.7. The summed E-state index contributed by atoms with van der Waals surface area (Å²) in [4.78, 5) is 30.3. The number of aliphatic hydroxyl groups excluding tert-OH is 1. The maximum absolute atomic E-state index is 13.3. The van der Waals surface area contributed by atoms with E-state index >= 15 is 0 Å². The van der Waals surface area contributed by atoms with Crippen LogP contribution < -0.4 is 9.47 Å². The molecule has 1 N–H and O–H groups in total. The first-order valence-corrected chi connectivity index (χ1v) is 11.7.